The molecule has 4 fully saturated rings. The van der Waals surface area contributed by atoms with Crippen molar-refractivity contribution in [2.45, 2.75) is 43.5 Å². The van der Waals surface area contributed by atoms with Gasteiger partial charge < -0.3 is 4.74 Å². The molecule has 5 rings (SSSR count). The molecule has 3 aliphatic heterocycles. The molecular weight excluding hydrogens is 356 g/mol. The molecule has 4 heterocycles. The van der Waals surface area contributed by atoms with Gasteiger partial charge in [0.2, 0.25) is 0 Å². The van der Waals surface area contributed by atoms with Gasteiger partial charge in [0.15, 0.2) is 0 Å². The molecule has 142 valence electrons. The van der Waals surface area contributed by atoms with E-state index in [0.29, 0.717) is 17.3 Å². The number of halogens is 2. The normalized spacial score (nSPS) is 27.2. The molecule has 1 aromatic rings. The van der Waals surface area contributed by atoms with Crippen molar-refractivity contribution in [1.29, 1.82) is 0 Å². The maximum Gasteiger partial charge on any atom is 0.280 e. The zero-order chi connectivity index (χ0) is 17.9. The molecule has 1 aromatic heterocycles. The highest BCUT2D eigenvalue weighted by Gasteiger charge is 2.58. The number of aromatic nitrogens is 1. The Labute approximate surface area is 157 Å². The van der Waals surface area contributed by atoms with Crippen LogP contribution in [0.4, 0.5) is 8.78 Å². The SMILES string of the molecule is CCc1nc(C(F)F)ccc1SN1CC2(C1)CN(C1CC3(COC3)C1)C2. The lowest BCUT2D eigenvalue weighted by molar-refractivity contribution is -0.211. The van der Waals surface area contributed by atoms with Crippen molar-refractivity contribution in [3.05, 3.63) is 23.5 Å². The fourth-order valence-corrected chi connectivity index (χ4v) is 6.35. The first-order chi connectivity index (χ1) is 12.5. The van der Waals surface area contributed by atoms with Gasteiger partial charge in [-0.05, 0) is 43.3 Å². The molecule has 0 aromatic carbocycles. The summed E-state index contributed by atoms with van der Waals surface area (Å²) in [6.45, 7) is 8.55. The van der Waals surface area contributed by atoms with Gasteiger partial charge in [-0.15, -0.1) is 0 Å². The largest absolute Gasteiger partial charge is 0.380 e. The Morgan fingerprint density at radius 1 is 1.19 bits per heavy atom. The Morgan fingerprint density at radius 3 is 2.50 bits per heavy atom. The lowest BCUT2D eigenvalue weighted by atomic mass is 9.61. The summed E-state index contributed by atoms with van der Waals surface area (Å²) in [5, 5.41) is 0. The van der Waals surface area contributed by atoms with E-state index in [2.05, 4.69) is 14.2 Å². The Bertz CT molecular complexity index is 690. The quantitative estimate of drug-likeness (QED) is 0.730. The highest BCUT2D eigenvalue weighted by molar-refractivity contribution is 7.97. The average molecular weight is 381 g/mol. The van der Waals surface area contributed by atoms with Crippen molar-refractivity contribution < 1.29 is 13.5 Å². The first-order valence-electron chi connectivity index (χ1n) is 9.53. The van der Waals surface area contributed by atoms with Gasteiger partial charge in [0.1, 0.15) is 5.69 Å². The van der Waals surface area contributed by atoms with Gasteiger partial charge in [0.05, 0.1) is 18.9 Å². The van der Waals surface area contributed by atoms with Gasteiger partial charge in [-0.2, -0.15) is 0 Å². The number of aryl methyl sites for hydroxylation is 1. The van der Waals surface area contributed by atoms with Crippen LogP contribution in [0.1, 0.15) is 37.6 Å². The smallest absolute Gasteiger partial charge is 0.280 e. The number of pyridine rings is 1. The predicted octanol–water partition coefficient (Wildman–Crippen LogP) is 3.39. The third-order valence-electron chi connectivity index (χ3n) is 6.51. The van der Waals surface area contributed by atoms with Crippen LogP contribution in [0, 0.1) is 10.8 Å². The molecule has 0 amide bonds. The van der Waals surface area contributed by atoms with E-state index in [4.69, 9.17) is 4.74 Å². The third kappa shape index (κ3) is 2.79. The van der Waals surface area contributed by atoms with Gasteiger partial charge in [-0.3, -0.25) is 9.88 Å². The van der Waals surface area contributed by atoms with Crippen LogP contribution in [0.25, 0.3) is 0 Å². The van der Waals surface area contributed by atoms with Gasteiger partial charge >= 0.3 is 0 Å². The molecule has 1 saturated carbocycles. The zero-order valence-electron chi connectivity index (χ0n) is 15.1. The summed E-state index contributed by atoms with van der Waals surface area (Å²) in [6, 6.07) is 4.05. The molecule has 0 unspecified atom stereocenters. The van der Waals surface area contributed by atoms with Crippen LogP contribution in [0.2, 0.25) is 0 Å². The monoisotopic (exact) mass is 381 g/mol. The van der Waals surface area contributed by atoms with E-state index in [-0.39, 0.29) is 5.69 Å². The number of rotatable bonds is 5. The van der Waals surface area contributed by atoms with Crippen molar-refractivity contribution in [2.24, 2.45) is 10.8 Å². The molecular formula is C19H25F2N3OS. The van der Waals surface area contributed by atoms with Crippen molar-refractivity contribution in [2.75, 3.05) is 39.4 Å². The molecule has 4 nitrogen and oxygen atoms in total. The molecule has 0 N–H and O–H groups in total. The summed E-state index contributed by atoms with van der Waals surface area (Å²) in [6.07, 6.45) is 0.834. The summed E-state index contributed by atoms with van der Waals surface area (Å²) >= 11 is 1.69. The molecule has 4 aliphatic rings. The van der Waals surface area contributed by atoms with E-state index in [0.717, 1.165) is 42.9 Å². The van der Waals surface area contributed by atoms with Crippen LogP contribution in [-0.2, 0) is 11.2 Å². The van der Waals surface area contributed by atoms with E-state index >= 15 is 0 Å². The highest BCUT2D eigenvalue weighted by atomic mass is 32.2. The van der Waals surface area contributed by atoms with Crippen LogP contribution in [0.3, 0.4) is 0 Å². The second-order valence-electron chi connectivity index (χ2n) is 8.68. The van der Waals surface area contributed by atoms with Crippen LogP contribution in [-0.4, -0.2) is 59.6 Å². The Balaban J connectivity index is 1.11. The third-order valence-corrected chi connectivity index (χ3v) is 7.60. The fourth-order valence-electron chi connectivity index (χ4n) is 4.97. The van der Waals surface area contributed by atoms with Crippen LogP contribution >= 0.6 is 11.9 Å². The predicted molar refractivity (Wildman–Crippen MR) is 96.3 cm³/mol. The Morgan fingerprint density at radius 2 is 1.92 bits per heavy atom. The number of nitrogens with zero attached hydrogens (tertiary/aromatic N) is 3. The molecule has 7 heteroatoms. The van der Waals surface area contributed by atoms with E-state index < -0.39 is 6.43 Å². The van der Waals surface area contributed by atoms with Crippen molar-refractivity contribution in [3.63, 3.8) is 0 Å². The summed E-state index contributed by atoms with van der Waals surface area (Å²) in [4.78, 5) is 7.81. The minimum Gasteiger partial charge on any atom is -0.380 e. The average Bonchev–Trinajstić information content (AvgIpc) is 2.47. The van der Waals surface area contributed by atoms with Crippen molar-refractivity contribution >= 4 is 11.9 Å². The molecule has 26 heavy (non-hydrogen) atoms. The van der Waals surface area contributed by atoms with E-state index in [9.17, 15) is 8.78 Å². The Hall–Kier alpha value is -0.760. The van der Waals surface area contributed by atoms with Gasteiger partial charge in [-0.25, -0.2) is 13.1 Å². The van der Waals surface area contributed by atoms with E-state index in [1.54, 1.807) is 11.9 Å². The van der Waals surface area contributed by atoms with Gasteiger partial charge in [0.25, 0.3) is 6.43 Å². The molecule has 3 saturated heterocycles. The number of likely N-dealkylation sites (tertiary alicyclic amines) is 1. The lowest BCUT2D eigenvalue weighted by Crippen LogP contribution is -2.74. The van der Waals surface area contributed by atoms with Gasteiger partial charge in [-0.1, -0.05) is 6.92 Å². The lowest BCUT2D eigenvalue weighted by Gasteiger charge is -2.66. The minimum atomic E-state index is -2.50. The second kappa shape index (κ2) is 6.12. The minimum absolute atomic E-state index is 0.115. The van der Waals surface area contributed by atoms with Gasteiger partial charge in [0, 0.05) is 47.9 Å². The van der Waals surface area contributed by atoms with Crippen molar-refractivity contribution in [3.8, 4) is 0 Å². The summed E-state index contributed by atoms with van der Waals surface area (Å²) in [5.41, 5.74) is 1.68. The molecule has 0 atom stereocenters. The number of hydrogen-bond donors (Lipinski definition) is 0. The summed E-state index contributed by atoms with van der Waals surface area (Å²) < 4.78 is 33.4. The summed E-state index contributed by atoms with van der Waals surface area (Å²) in [5.74, 6) is 0. The van der Waals surface area contributed by atoms with Crippen LogP contribution < -0.4 is 0 Å². The first-order valence-corrected chi connectivity index (χ1v) is 10.3. The Kier molecular flexibility index (Phi) is 4.09. The van der Waals surface area contributed by atoms with E-state index in [1.807, 2.05) is 13.0 Å². The molecule has 1 aliphatic carbocycles. The molecule has 0 radical (unpaired) electrons. The second-order valence-corrected chi connectivity index (χ2v) is 9.82. The zero-order valence-corrected chi connectivity index (χ0v) is 15.9. The molecule has 2 spiro atoms. The maximum atomic E-state index is 12.8. The van der Waals surface area contributed by atoms with Crippen molar-refractivity contribution in [1.82, 2.24) is 14.2 Å². The standard InChI is InChI=1S/C19H25F2N3OS/c1-2-14-16(4-3-15(22-14)17(20)21)26-24-9-19(10-24)7-23(8-19)13-5-18(6-13)11-25-12-18/h3-4,13,17H,2,5-12H2,1H3. The number of hydrogen-bond acceptors (Lipinski definition) is 5. The first kappa shape index (κ1) is 17.3. The molecule has 0 bridgehead atoms. The van der Waals surface area contributed by atoms with Crippen LogP contribution in [0.15, 0.2) is 17.0 Å². The summed E-state index contributed by atoms with van der Waals surface area (Å²) in [7, 11) is 0. The number of alkyl halides is 2. The van der Waals surface area contributed by atoms with E-state index in [1.165, 1.54) is 32.0 Å². The number of ether oxygens (including phenoxy) is 1. The maximum absolute atomic E-state index is 12.8. The van der Waals surface area contributed by atoms with Crippen LogP contribution in [0.5, 0.6) is 0 Å². The fraction of sp³-hybridized carbons (Fsp3) is 0.737. The topological polar surface area (TPSA) is 28.6 Å². The highest BCUT2D eigenvalue weighted by Crippen LogP contribution is 2.53.